The van der Waals surface area contributed by atoms with Gasteiger partial charge >= 0.3 is 0 Å². The Labute approximate surface area is 161 Å². The first-order valence-corrected chi connectivity index (χ1v) is 8.94. The Morgan fingerprint density at radius 1 is 1.00 bits per heavy atom. The third-order valence-corrected chi connectivity index (χ3v) is 4.51. The van der Waals surface area contributed by atoms with Crippen LogP contribution in [0.5, 0.6) is 5.75 Å². The number of nitrogens with zero attached hydrogens (tertiary/aromatic N) is 6. The molecule has 0 bridgehead atoms. The van der Waals surface area contributed by atoms with Gasteiger partial charge in [-0.3, -0.25) is 4.79 Å². The fourth-order valence-electron chi connectivity index (χ4n) is 2.97. The van der Waals surface area contributed by atoms with Crippen molar-refractivity contribution >= 4 is 11.7 Å². The van der Waals surface area contributed by atoms with E-state index in [0.717, 1.165) is 5.82 Å². The van der Waals surface area contributed by atoms with E-state index in [4.69, 9.17) is 4.74 Å². The summed E-state index contributed by atoms with van der Waals surface area (Å²) in [5.41, 5.74) is 0. The predicted molar refractivity (Wildman–Crippen MR) is 99.8 cm³/mol. The molecule has 0 radical (unpaired) electrons. The van der Waals surface area contributed by atoms with Crippen molar-refractivity contribution < 1.29 is 13.9 Å². The first kappa shape index (κ1) is 17.9. The second-order valence-electron chi connectivity index (χ2n) is 6.31. The highest BCUT2D eigenvalue weighted by Gasteiger charge is 2.22. The molecule has 2 aromatic heterocycles. The predicted octanol–water partition coefficient (Wildman–Crippen LogP) is 1.53. The zero-order valence-electron chi connectivity index (χ0n) is 15.1. The number of piperazine rings is 1. The van der Waals surface area contributed by atoms with Gasteiger partial charge < -0.3 is 14.5 Å². The minimum atomic E-state index is -0.337. The maximum Gasteiger partial charge on any atom is 0.260 e. The van der Waals surface area contributed by atoms with Crippen LogP contribution in [0.4, 0.5) is 10.2 Å². The molecule has 3 heterocycles. The lowest BCUT2D eigenvalue weighted by molar-refractivity contribution is -0.133. The Morgan fingerprint density at radius 3 is 2.36 bits per heavy atom. The van der Waals surface area contributed by atoms with Crippen molar-refractivity contribution in [2.24, 2.45) is 0 Å². The molecule has 0 aliphatic carbocycles. The van der Waals surface area contributed by atoms with Gasteiger partial charge in [-0.1, -0.05) is 0 Å². The normalized spacial score (nSPS) is 14.2. The van der Waals surface area contributed by atoms with E-state index < -0.39 is 0 Å². The van der Waals surface area contributed by atoms with Gasteiger partial charge in [-0.15, -0.1) is 10.2 Å². The van der Waals surface area contributed by atoms with Crippen LogP contribution in [0.3, 0.4) is 0 Å². The summed E-state index contributed by atoms with van der Waals surface area (Å²) in [6.07, 6.45) is 3.49. The molecule has 0 spiro atoms. The molecule has 1 fully saturated rings. The summed E-state index contributed by atoms with van der Waals surface area (Å²) in [5, 5.41) is 12.6. The maximum absolute atomic E-state index is 12.9. The Hall–Kier alpha value is -3.49. The fourth-order valence-corrected chi connectivity index (χ4v) is 2.97. The highest BCUT2D eigenvalue weighted by Crippen LogP contribution is 2.15. The molecule has 0 saturated carbocycles. The average Bonchev–Trinajstić information content (AvgIpc) is 3.28. The smallest absolute Gasteiger partial charge is 0.260 e. The molecule has 9 heteroatoms. The van der Waals surface area contributed by atoms with Crippen LogP contribution in [0.1, 0.15) is 0 Å². The minimum Gasteiger partial charge on any atom is -0.484 e. The quantitative estimate of drug-likeness (QED) is 0.666. The van der Waals surface area contributed by atoms with Crippen LogP contribution >= 0.6 is 0 Å². The number of carbonyl (C=O) groups is 1. The zero-order chi connectivity index (χ0) is 19.3. The number of anilines is 1. The molecule has 28 heavy (non-hydrogen) atoms. The molecule has 0 atom stereocenters. The van der Waals surface area contributed by atoms with Crippen molar-refractivity contribution in [3.8, 4) is 11.6 Å². The molecule has 4 rings (SSSR count). The number of rotatable bonds is 5. The lowest BCUT2D eigenvalue weighted by Gasteiger charge is -2.35. The molecule has 1 amide bonds. The minimum absolute atomic E-state index is 0.0655. The first-order valence-electron chi connectivity index (χ1n) is 8.94. The first-order chi connectivity index (χ1) is 13.7. The molecular formula is C19H19FN6O2. The Bertz CT molecular complexity index is 907. The highest BCUT2D eigenvalue weighted by molar-refractivity contribution is 5.78. The van der Waals surface area contributed by atoms with Crippen molar-refractivity contribution in [1.29, 1.82) is 0 Å². The van der Waals surface area contributed by atoms with E-state index in [2.05, 4.69) is 20.2 Å². The SMILES string of the molecule is O=C(COc1ccc(F)cc1)N1CCN(c2ccc(-n3cccn3)nn2)CC1. The molecule has 8 nitrogen and oxygen atoms in total. The van der Waals surface area contributed by atoms with Crippen LogP contribution < -0.4 is 9.64 Å². The van der Waals surface area contributed by atoms with E-state index >= 15 is 0 Å². The van der Waals surface area contributed by atoms with Crippen LogP contribution in [0.25, 0.3) is 5.82 Å². The molecular weight excluding hydrogens is 363 g/mol. The van der Waals surface area contributed by atoms with Crippen LogP contribution in [0.15, 0.2) is 54.9 Å². The van der Waals surface area contributed by atoms with Crippen LogP contribution in [-0.2, 0) is 4.79 Å². The summed E-state index contributed by atoms with van der Waals surface area (Å²) in [7, 11) is 0. The number of halogens is 1. The largest absolute Gasteiger partial charge is 0.484 e. The summed E-state index contributed by atoms with van der Waals surface area (Å²) in [5.74, 6) is 1.46. The Morgan fingerprint density at radius 2 is 1.71 bits per heavy atom. The van der Waals surface area contributed by atoms with Crippen molar-refractivity contribution in [1.82, 2.24) is 24.9 Å². The summed E-state index contributed by atoms with van der Waals surface area (Å²) >= 11 is 0. The number of carbonyl (C=O) groups excluding carboxylic acids is 1. The lowest BCUT2D eigenvalue weighted by Crippen LogP contribution is -2.50. The molecule has 1 saturated heterocycles. The number of aromatic nitrogens is 4. The maximum atomic E-state index is 12.9. The van der Waals surface area contributed by atoms with Gasteiger partial charge in [0.15, 0.2) is 18.2 Å². The van der Waals surface area contributed by atoms with Gasteiger partial charge in [0.1, 0.15) is 11.6 Å². The van der Waals surface area contributed by atoms with E-state index in [1.165, 1.54) is 24.3 Å². The second kappa shape index (κ2) is 8.03. The van der Waals surface area contributed by atoms with Crippen molar-refractivity contribution in [3.63, 3.8) is 0 Å². The standard InChI is InChI=1S/C19H19FN6O2/c20-15-2-4-16(5-3-15)28-14-19(27)25-12-10-24(11-13-25)17-6-7-18(23-22-17)26-9-1-8-21-26/h1-9H,10-14H2. The topological polar surface area (TPSA) is 76.4 Å². The molecule has 0 N–H and O–H groups in total. The summed E-state index contributed by atoms with van der Waals surface area (Å²) < 4.78 is 20.0. The molecule has 1 aliphatic rings. The lowest BCUT2D eigenvalue weighted by atomic mass is 10.3. The number of hydrogen-bond donors (Lipinski definition) is 0. The number of ether oxygens (including phenoxy) is 1. The van der Waals surface area contributed by atoms with Gasteiger partial charge in [0, 0.05) is 38.6 Å². The van der Waals surface area contributed by atoms with Gasteiger partial charge in [-0.2, -0.15) is 5.10 Å². The molecule has 1 aliphatic heterocycles. The van der Waals surface area contributed by atoms with Crippen LogP contribution in [0.2, 0.25) is 0 Å². The Balaban J connectivity index is 1.28. The fraction of sp³-hybridized carbons (Fsp3) is 0.263. The van der Waals surface area contributed by atoms with Crippen LogP contribution in [-0.4, -0.2) is 63.6 Å². The van der Waals surface area contributed by atoms with Gasteiger partial charge in [0.25, 0.3) is 5.91 Å². The van der Waals surface area contributed by atoms with E-state index in [0.29, 0.717) is 37.7 Å². The number of benzene rings is 1. The second-order valence-corrected chi connectivity index (χ2v) is 6.31. The van der Waals surface area contributed by atoms with E-state index in [9.17, 15) is 9.18 Å². The average molecular weight is 382 g/mol. The zero-order valence-corrected chi connectivity index (χ0v) is 15.1. The summed E-state index contributed by atoms with van der Waals surface area (Å²) in [6, 6.07) is 11.2. The highest BCUT2D eigenvalue weighted by atomic mass is 19.1. The van der Waals surface area contributed by atoms with Gasteiger partial charge in [0.2, 0.25) is 0 Å². The van der Waals surface area contributed by atoms with Gasteiger partial charge in [-0.05, 0) is 42.5 Å². The summed E-state index contributed by atoms with van der Waals surface area (Å²) in [6.45, 7) is 2.42. The third-order valence-electron chi connectivity index (χ3n) is 4.51. The van der Waals surface area contributed by atoms with Gasteiger partial charge in [-0.25, -0.2) is 9.07 Å². The monoisotopic (exact) mass is 382 g/mol. The third kappa shape index (κ3) is 4.08. The van der Waals surface area contributed by atoms with Crippen molar-refractivity contribution in [2.75, 3.05) is 37.7 Å². The molecule has 0 unspecified atom stereocenters. The number of hydrogen-bond acceptors (Lipinski definition) is 6. The molecule has 3 aromatic rings. The molecule has 144 valence electrons. The Kier molecular flexibility index (Phi) is 5.14. The van der Waals surface area contributed by atoms with Crippen molar-refractivity contribution in [3.05, 3.63) is 60.7 Å². The summed E-state index contributed by atoms with van der Waals surface area (Å²) in [4.78, 5) is 16.2. The van der Waals surface area contributed by atoms with Crippen molar-refractivity contribution in [2.45, 2.75) is 0 Å². The number of amides is 1. The van der Waals surface area contributed by atoms with E-state index in [-0.39, 0.29) is 18.3 Å². The van der Waals surface area contributed by atoms with Crippen LogP contribution in [0, 0.1) is 5.82 Å². The van der Waals surface area contributed by atoms with Gasteiger partial charge in [0.05, 0.1) is 0 Å². The van der Waals surface area contributed by atoms with E-state index in [1.807, 2.05) is 24.4 Å². The molecule has 1 aromatic carbocycles. The van der Waals surface area contributed by atoms with E-state index in [1.54, 1.807) is 15.8 Å².